The van der Waals surface area contributed by atoms with Crippen LogP contribution >= 0.6 is 0 Å². The number of hydrogen-bond acceptors (Lipinski definition) is 7. The number of aromatic nitrogens is 2. The quantitative estimate of drug-likeness (QED) is 0.516. The van der Waals surface area contributed by atoms with Gasteiger partial charge >= 0.3 is 24.3 Å². The summed E-state index contributed by atoms with van der Waals surface area (Å²) in [4.78, 5) is 28.7. The predicted molar refractivity (Wildman–Crippen MR) is 118 cm³/mol. The monoisotopic (exact) mass is 553 g/mol. The smallest absolute Gasteiger partial charge is 0.478 e. The molecule has 38 heavy (non-hydrogen) atoms. The Kier molecular flexibility index (Phi) is 11.3. The van der Waals surface area contributed by atoms with E-state index in [9.17, 15) is 26.3 Å². The summed E-state index contributed by atoms with van der Waals surface area (Å²) in [6.07, 6.45) is -3.23. The summed E-state index contributed by atoms with van der Waals surface area (Å²) < 4.78 is 75.3. The molecule has 0 aromatic carbocycles. The standard InChI is InChI=1S/C19H23N3O2.2C2HF3O2/c1-2-8-21-19(5-1)23-9-6-16-14-24-18-13-22(12-17(16)18)11-15-4-3-7-20-10-15;2*3-2(4,5)1(6)7/h1-5,7-8,10,16-18H,6,9,11-14H2;2*(H,6,7)/t16-,17-,18-;;/m0../s1. The second-order valence-corrected chi connectivity index (χ2v) is 8.26. The van der Waals surface area contributed by atoms with Gasteiger partial charge in [0.05, 0.1) is 19.3 Å². The van der Waals surface area contributed by atoms with Crippen LogP contribution in [-0.4, -0.2) is 81.8 Å². The number of aliphatic carboxylic acids is 2. The molecule has 210 valence electrons. The maximum Gasteiger partial charge on any atom is 0.490 e. The van der Waals surface area contributed by atoms with Crippen molar-refractivity contribution < 1.29 is 55.6 Å². The lowest BCUT2D eigenvalue weighted by atomic mass is 9.91. The van der Waals surface area contributed by atoms with Crippen LogP contribution in [0.15, 0.2) is 48.9 Å². The molecule has 0 radical (unpaired) electrons. The minimum Gasteiger partial charge on any atom is -0.478 e. The molecule has 2 aliphatic heterocycles. The first-order chi connectivity index (χ1) is 17.8. The molecule has 2 saturated heterocycles. The van der Waals surface area contributed by atoms with Crippen molar-refractivity contribution in [3.63, 3.8) is 0 Å². The maximum atomic E-state index is 10.6. The Morgan fingerprint density at radius 2 is 1.66 bits per heavy atom. The number of hydrogen-bond donors (Lipinski definition) is 2. The molecule has 3 atom stereocenters. The molecular formula is C23H25F6N3O6. The number of halogens is 6. The van der Waals surface area contributed by atoms with E-state index in [2.05, 4.69) is 20.9 Å². The summed E-state index contributed by atoms with van der Waals surface area (Å²) in [5.74, 6) is -3.61. The van der Waals surface area contributed by atoms with E-state index in [0.29, 0.717) is 30.4 Å². The Morgan fingerprint density at radius 3 is 2.18 bits per heavy atom. The molecule has 9 nitrogen and oxygen atoms in total. The van der Waals surface area contributed by atoms with Gasteiger partial charge in [0.15, 0.2) is 0 Å². The normalized spacial score (nSPS) is 20.8. The molecule has 0 amide bonds. The van der Waals surface area contributed by atoms with Crippen molar-refractivity contribution in [3.8, 4) is 5.88 Å². The molecule has 0 spiro atoms. The molecule has 2 fully saturated rings. The van der Waals surface area contributed by atoms with Gasteiger partial charge in [-0.2, -0.15) is 26.3 Å². The van der Waals surface area contributed by atoms with Crippen LogP contribution in [0.5, 0.6) is 5.88 Å². The number of pyridine rings is 2. The lowest BCUT2D eigenvalue weighted by molar-refractivity contribution is -0.193. The van der Waals surface area contributed by atoms with Crippen LogP contribution in [0.4, 0.5) is 26.3 Å². The van der Waals surface area contributed by atoms with Gasteiger partial charge in [0, 0.05) is 50.2 Å². The van der Waals surface area contributed by atoms with E-state index >= 15 is 0 Å². The highest BCUT2D eigenvalue weighted by atomic mass is 19.4. The minimum absolute atomic E-state index is 0.376. The van der Waals surface area contributed by atoms with Crippen LogP contribution in [0.2, 0.25) is 0 Å². The second-order valence-electron chi connectivity index (χ2n) is 8.26. The van der Waals surface area contributed by atoms with Crippen molar-refractivity contribution in [1.82, 2.24) is 14.9 Å². The van der Waals surface area contributed by atoms with Crippen molar-refractivity contribution in [2.45, 2.75) is 31.4 Å². The van der Waals surface area contributed by atoms with Crippen molar-refractivity contribution in [1.29, 1.82) is 0 Å². The van der Waals surface area contributed by atoms with Gasteiger partial charge in [-0.3, -0.25) is 9.88 Å². The van der Waals surface area contributed by atoms with Crippen LogP contribution in [0.25, 0.3) is 0 Å². The molecular weight excluding hydrogens is 528 g/mol. The first kappa shape index (κ1) is 30.8. The van der Waals surface area contributed by atoms with Gasteiger partial charge in [-0.25, -0.2) is 14.6 Å². The van der Waals surface area contributed by atoms with E-state index in [0.717, 1.165) is 32.7 Å². The lowest BCUT2D eigenvalue weighted by Gasteiger charge is -2.19. The summed E-state index contributed by atoms with van der Waals surface area (Å²) in [5.41, 5.74) is 1.27. The van der Waals surface area contributed by atoms with E-state index in [1.807, 2.05) is 36.7 Å². The van der Waals surface area contributed by atoms with Crippen molar-refractivity contribution in [2.24, 2.45) is 11.8 Å². The number of rotatable bonds is 6. The van der Waals surface area contributed by atoms with Gasteiger partial charge in [0.2, 0.25) is 5.88 Å². The van der Waals surface area contributed by atoms with E-state index in [1.54, 1.807) is 6.20 Å². The molecule has 2 N–H and O–H groups in total. The van der Waals surface area contributed by atoms with Crippen LogP contribution < -0.4 is 4.74 Å². The molecule has 2 aromatic heterocycles. The Labute approximate surface area is 213 Å². The van der Waals surface area contributed by atoms with Crippen LogP contribution in [0.3, 0.4) is 0 Å². The zero-order chi connectivity index (χ0) is 28.3. The number of carbonyl (C=O) groups is 2. The summed E-state index contributed by atoms with van der Waals surface area (Å²) in [6, 6.07) is 9.89. The topological polar surface area (TPSA) is 122 Å². The lowest BCUT2D eigenvalue weighted by Crippen LogP contribution is -2.24. The molecule has 0 aliphatic carbocycles. The van der Waals surface area contributed by atoms with E-state index < -0.39 is 24.3 Å². The average molecular weight is 553 g/mol. The summed E-state index contributed by atoms with van der Waals surface area (Å²) in [5, 5.41) is 14.2. The third-order valence-corrected chi connectivity index (χ3v) is 5.50. The fraction of sp³-hybridized carbons (Fsp3) is 0.478. The largest absolute Gasteiger partial charge is 0.490 e. The second kappa shape index (κ2) is 13.9. The van der Waals surface area contributed by atoms with Gasteiger partial charge in [0.1, 0.15) is 0 Å². The molecule has 0 bridgehead atoms. The zero-order valence-electron chi connectivity index (χ0n) is 19.7. The highest BCUT2D eigenvalue weighted by molar-refractivity contribution is 5.73. The van der Waals surface area contributed by atoms with Crippen molar-refractivity contribution >= 4 is 11.9 Å². The fourth-order valence-corrected chi connectivity index (χ4v) is 3.80. The molecule has 15 heteroatoms. The third-order valence-electron chi connectivity index (χ3n) is 5.50. The molecule has 2 aromatic rings. The Balaban J connectivity index is 0.000000301. The minimum atomic E-state index is -5.08. The third kappa shape index (κ3) is 10.5. The van der Waals surface area contributed by atoms with Crippen LogP contribution in [0, 0.1) is 11.8 Å². The first-order valence-corrected chi connectivity index (χ1v) is 11.1. The van der Waals surface area contributed by atoms with E-state index in [1.165, 1.54) is 5.56 Å². The van der Waals surface area contributed by atoms with Crippen molar-refractivity contribution in [2.75, 3.05) is 26.3 Å². The highest BCUT2D eigenvalue weighted by Crippen LogP contribution is 2.36. The van der Waals surface area contributed by atoms with Crippen LogP contribution in [0.1, 0.15) is 12.0 Å². The van der Waals surface area contributed by atoms with Gasteiger partial charge in [0.25, 0.3) is 0 Å². The maximum absolute atomic E-state index is 10.6. The Bertz CT molecular complexity index is 986. The van der Waals surface area contributed by atoms with Gasteiger partial charge in [-0.15, -0.1) is 0 Å². The summed E-state index contributed by atoms with van der Waals surface area (Å²) in [6.45, 7) is 4.66. The number of nitrogens with zero attached hydrogens (tertiary/aromatic N) is 3. The highest BCUT2D eigenvalue weighted by Gasteiger charge is 2.43. The molecule has 4 rings (SSSR count). The van der Waals surface area contributed by atoms with Gasteiger partial charge in [-0.05, 0) is 30.0 Å². The fourth-order valence-electron chi connectivity index (χ4n) is 3.80. The van der Waals surface area contributed by atoms with Gasteiger partial charge < -0.3 is 19.7 Å². The van der Waals surface area contributed by atoms with E-state index in [-0.39, 0.29) is 0 Å². The Morgan fingerprint density at radius 1 is 1.00 bits per heavy atom. The van der Waals surface area contributed by atoms with E-state index in [4.69, 9.17) is 29.3 Å². The number of ether oxygens (including phenoxy) is 2. The average Bonchev–Trinajstić information content (AvgIpc) is 3.41. The number of likely N-dealkylation sites (tertiary alicyclic amines) is 1. The van der Waals surface area contributed by atoms with Crippen molar-refractivity contribution in [3.05, 3.63) is 54.5 Å². The van der Waals surface area contributed by atoms with Crippen LogP contribution in [-0.2, 0) is 20.9 Å². The number of alkyl halides is 6. The summed E-state index contributed by atoms with van der Waals surface area (Å²) >= 11 is 0. The number of fused-ring (bicyclic) bond motifs is 1. The Hall–Kier alpha value is -3.46. The molecule has 0 unspecified atom stereocenters. The molecule has 0 saturated carbocycles. The number of carboxylic acids is 2. The van der Waals surface area contributed by atoms with Gasteiger partial charge in [-0.1, -0.05) is 12.1 Å². The molecule has 4 heterocycles. The molecule has 2 aliphatic rings. The first-order valence-electron chi connectivity index (χ1n) is 11.1. The zero-order valence-corrected chi connectivity index (χ0v) is 19.7. The predicted octanol–water partition coefficient (Wildman–Crippen LogP) is 3.66. The number of carboxylic acid groups (broad SMARTS) is 2. The SMILES string of the molecule is O=C(O)C(F)(F)F.O=C(O)C(F)(F)F.c1ccc(OCC[C@H]2CO[C@H]3CN(Cc4cccnc4)C[C@@H]23)nc1. The summed E-state index contributed by atoms with van der Waals surface area (Å²) in [7, 11) is 0.